The van der Waals surface area contributed by atoms with Crippen LogP contribution in [-0.4, -0.2) is 35.0 Å². The molecule has 2 aliphatic rings. The maximum absolute atomic E-state index is 13.3. The average molecular weight is 358 g/mol. The lowest BCUT2D eigenvalue weighted by molar-refractivity contribution is 0.0622. The molecule has 3 heterocycles. The first-order valence-electron chi connectivity index (χ1n) is 8.80. The van der Waals surface area contributed by atoms with Gasteiger partial charge in [-0.3, -0.25) is 4.79 Å². The van der Waals surface area contributed by atoms with Crippen LogP contribution in [0.2, 0.25) is 0 Å². The van der Waals surface area contributed by atoms with Crippen molar-refractivity contribution in [3.63, 3.8) is 0 Å². The fourth-order valence-electron chi connectivity index (χ4n) is 4.66. The van der Waals surface area contributed by atoms with Gasteiger partial charge in [0.15, 0.2) is 0 Å². The Hall–Kier alpha value is -1.88. The maximum atomic E-state index is 13.3. The molecule has 2 aliphatic heterocycles. The molecule has 1 aromatic carbocycles. The SMILES string of the molecule is CC1(C)CC2(CCCN2C(=O)c2cccs2)CN1c1ccc(F)cc1. The second kappa shape index (κ2) is 5.84. The van der Waals surface area contributed by atoms with Crippen LogP contribution < -0.4 is 4.90 Å². The minimum Gasteiger partial charge on any atom is -0.364 e. The van der Waals surface area contributed by atoms with Gasteiger partial charge in [-0.25, -0.2) is 4.39 Å². The molecule has 0 radical (unpaired) electrons. The lowest BCUT2D eigenvalue weighted by Crippen LogP contribution is -2.49. The molecule has 0 N–H and O–H groups in total. The van der Waals surface area contributed by atoms with E-state index < -0.39 is 0 Å². The summed E-state index contributed by atoms with van der Waals surface area (Å²) in [5.74, 6) is -0.0601. The van der Waals surface area contributed by atoms with Crippen molar-refractivity contribution < 1.29 is 9.18 Å². The quantitative estimate of drug-likeness (QED) is 0.786. The van der Waals surface area contributed by atoms with Gasteiger partial charge < -0.3 is 9.80 Å². The summed E-state index contributed by atoms with van der Waals surface area (Å²) in [6.45, 7) is 6.07. The predicted octanol–water partition coefficient (Wildman–Crippen LogP) is 4.55. The first kappa shape index (κ1) is 16.6. The Morgan fingerprint density at radius 1 is 1.20 bits per heavy atom. The monoisotopic (exact) mass is 358 g/mol. The van der Waals surface area contributed by atoms with Gasteiger partial charge >= 0.3 is 0 Å². The van der Waals surface area contributed by atoms with E-state index in [2.05, 4.69) is 23.6 Å². The van der Waals surface area contributed by atoms with Crippen molar-refractivity contribution in [2.24, 2.45) is 0 Å². The summed E-state index contributed by atoms with van der Waals surface area (Å²) >= 11 is 1.51. The van der Waals surface area contributed by atoms with Gasteiger partial charge in [0.25, 0.3) is 5.91 Å². The Bertz CT molecular complexity index is 772. The molecule has 1 unspecified atom stereocenters. The van der Waals surface area contributed by atoms with Crippen molar-refractivity contribution in [3.8, 4) is 0 Å². The van der Waals surface area contributed by atoms with Gasteiger partial charge in [0.2, 0.25) is 0 Å². The van der Waals surface area contributed by atoms with E-state index in [-0.39, 0.29) is 22.8 Å². The number of benzene rings is 1. The normalized spacial score (nSPS) is 25.1. The summed E-state index contributed by atoms with van der Waals surface area (Å²) < 4.78 is 13.3. The number of hydrogen-bond acceptors (Lipinski definition) is 3. The third-order valence-electron chi connectivity index (χ3n) is 5.66. The second-order valence-electron chi connectivity index (χ2n) is 7.81. The Labute approximate surface area is 152 Å². The van der Waals surface area contributed by atoms with E-state index in [9.17, 15) is 9.18 Å². The molecule has 1 atom stereocenters. The number of thiophene rings is 1. The molecule has 132 valence electrons. The highest BCUT2D eigenvalue weighted by Crippen LogP contribution is 2.47. The molecular weight excluding hydrogens is 335 g/mol. The van der Waals surface area contributed by atoms with Crippen LogP contribution in [0.4, 0.5) is 10.1 Å². The van der Waals surface area contributed by atoms with Crippen molar-refractivity contribution in [1.82, 2.24) is 4.90 Å². The van der Waals surface area contributed by atoms with E-state index in [1.807, 2.05) is 29.6 Å². The topological polar surface area (TPSA) is 23.6 Å². The van der Waals surface area contributed by atoms with E-state index in [4.69, 9.17) is 0 Å². The second-order valence-corrected chi connectivity index (χ2v) is 8.76. The molecule has 0 aliphatic carbocycles. The standard InChI is InChI=1S/C20H23FN2OS/c1-19(2)13-20(14-23(19)16-8-6-15(21)7-9-16)10-4-11-22(20)18(24)17-5-3-12-25-17/h3,5-9,12H,4,10-11,13-14H2,1-2H3. The van der Waals surface area contributed by atoms with Crippen LogP contribution >= 0.6 is 11.3 Å². The van der Waals surface area contributed by atoms with Gasteiger partial charge in [-0.1, -0.05) is 6.07 Å². The molecule has 1 spiro atoms. The van der Waals surface area contributed by atoms with Gasteiger partial charge in [0.1, 0.15) is 5.82 Å². The number of carbonyl (C=O) groups is 1. The predicted molar refractivity (Wildman–Crippen MR) is 99.8 cm³/mol. The van der Waals surface area contributed by atoms with Gasteiger partial charge in [0, 0.05) is 24.3 Å². The van der Waals surface area contributed by atoms with Crippen molar-refractivity contribution in [2.75, 3.05) is 18.0 Å². The molecule has 2 fully saturated rings. The molecule has 2 aromatic rings. The van der Waals surface area contributed by atoms with Gasteiger partial charge in [0.05, 0.1) is 10.4 Å². The molecule has 2 saturated heterocycles. The number of hydrogen-bond donors (Lipinski definition) is 0. The summed E-state index contributed by atoms with van der Waals surface area (Å²) in [5.41, 5.74) is 0.827. The first-order valence-corrected chi connectivity index (χ1v) is 9.68. The van der Waals surface area contributed by atoms with Crippen LogP contribution in [-0.2, 0) is 0 Å². The summed E-state index contributed by atoms with van der Waals surface area (Å²) in [6.07, 6.45) is 3.02. The summed E-state index contributed by atoms with van der Waals surface area (Å²) in [7, 11) is 0. The van der Waals surface area contributed by atoms with E-state index in [1.54, 1.807) is 0 Å². The molecule has 0 saturated carbocycles. The van der Waals surface area contributed by atoms with Crippen molar-refractivity contribution >= 4 is 22.9 Å². The maximum Gasteiger partial charge on any atom is 0.264 e. The minimum absolute atomic E-state index is 0.0733. The molecule has 25 heavy (non-hydrogen) atoms. The number of amides is 1. The Morgan fingerprint density at radius 2 is 1.96 bits per heavy atom. The number of carbonyl (C=O) groups excluding carboxylic acids is 1. The zero-order valence-corrected chi connectivity index (χ0v) is 15.5. The number of rotatable bonds is 2. The van der Waals surface area contributed by atoms with Crippen LogP contribution in [0, 0.1) is 5.82 Å². The Morgan fingerprint density at radius 3 is 2.64 bits per heavy atom. The molecule has 5 heteroatoms. The highest BCUT2D eigenvalue weighted by molar-refractivity contribution is 7.12. The first-order chi connectivity index (χ1) is 11.9. The molecule has 1 amide bonds. The van der Waals surface area contributed by atoms with Crippen LogP contribution in [0.3, 0.4) is 0 Å². The van der Waals surface area contributed by atoms with Gasteiger partial charge in [-0.15, -0.1) is 11.3 Å². The molecule has 4 rings (SSSR count). The lowest BCUT2D eigenvalue weighted by Gasteiger charge is -2.35. The average Bonchev–Trinajstić information content (AvgIpc) is 3.27. The summed E-state index contributed by atoms with van der Waals surface area (Å²) in [5, 5.41) is 1.96. The van der Waals surface area contributed by atoms with Crippen LogP contribution in [0.5, 0.6) is 0 Å². The fourth-order valence-corrected chi connectivity index (χ4v) is 5.34. The summed E-state index contributed by atoms with van der Waals surface area (Å²) in [4.78, 5) is 18.3. The van der Waals surface area contributed by atoms with E-state index in [0.29, 0.717) is 0 Å². The van der Waals surface area contributed by atoms with Crippen molar-refractivity contribution in [1.29, 1.82) is 0 Å². The highest BCUT2D eigenvalue weighted by atomic mass is 32.1. The zero-order valence-electron chi connectivity index (χ0n) is 14.7. The Balaban J connectivity index is 1.66. The molecule has 3 nitrogen and oxygen atoms in total. The lowest BCUT2D eigenvalue weighted by atomic mass is 9.87. The number of nitrogens with zero attached hydrogens (tertiary/aromatic N) is 2. The van der Waals surface area contributed by atoms with Crippen LogP contribution in [0.25, 0.3) is 0 Å². The van der Waals surface area contributed by atoms with E-state index in [1.165, 1.54) is 23.5 Å². The fraction of sp³-hybridized carbons (Fsp3) is 0.450. The molecular formula is C20H23FN2OS. The van der Waals surface area contributed by atoms with Crippen LogP contribution in [0.15, 0.2) is 41.8 Å². The number of likely N-dealkylation sites (tertiary alicyclic amines) is 1. The smallest absolute Gasteiger partial charge is 0.264 e. The zero-order chi connectivity index (χ0) is 17.7. The number of halogens is 1. The van der Waals surface area contributed by atoms with E-state index in [0.717, 1.165) is 42.9 Å². The van der Waals surface area contributed by atoms with Crippen molar-refractivity contribution in [2.45, 2.75) is 44.2 Å². The highest BCUT2D eigenvalue weighted by Gasteiger charge is 2.55. The van der Waals surface area contributed by atoms with E-state index >= 15 is 0 Å². The van der Waals surface area contributed by atoms with Crippen LogP contribution in [0.1, 0.15) is 42.8 Å². The van der Waals surface area contributed by atoms with Crippen molar-refractivity contribution in [3.05, 3.63) is 52.5 Å². The minimum atomic E-state index is -0.217. The molecule has 0 bridgehead atoms. The third-order valence-corrected chi connectivity index (χ3v) is 6.51. The summed E-state index contributed by atoms with van der Waals surface area (Å²) in [6, 6.07) is 10.6. The molecule has 1 aromatic heterocycles. The number of anilines is 1. The largest absolute Gasteiger partial charge is 0.364 e. The Kier molecular flexibility index (Phi) is 3.87. The van der Waals surface area contributed by atoms with Gasteiger partial charge in [-0.2, -0.15) is 0 Å². The van der Waals surface area contributed by atoms with Gasteiger partial charge in [-0.05, 0) is 68.8 Å². The third kappa shape index (κ3) is 2.74.